The van der Waals surface area contributed by atoms with E-state index >= 15 is 0 Å². The number of hydrogen-bond acceptors (Lipinski definition) is 6. The van der Waals surface area contributed by atoms with Gasteiger partial charge in [0, 0.05) is 10.6 Å². The Morgan fingerprint density at radius 1 is 1.06 bits per heavy atom. The number of hydrazone groups is 1. The number of benzene rings is 1. The number of hydrogen-bond donors (Lipinski definition) is 2. The summed E-state index contributed by atoms with van der Waals surface area (Å²) >= 11 is 1.40. The molecule has 0 spiro atoms. The number of fused-ring (bicyclic) bond motifs is 2. The van der Waals surface area contributed by atoms with Crippen LogP contribution in [-0.4, -0.2) is 17.5 Å². The molecule has 0 atom stereocenters. The molecule has 1 aliphatic carbocycles. The van der Waals surface area contributed by atoms with Crippen molar-refractivity contribution >= 4 is 44.8 Å². The molecule has 0 radical (unpaired) electrons. The zero-order valence-corrected chi connectivity index (χ0v) is 18.2. The third-order valence-electron chi connectivity index (χ3n) is 5.18. The second kappa shape index (κ2) is 8.85. The van der Waals surface area contributed by atoms with Gasteiger partial charge >= 0.3 is 0 Å². The lowest BCUT2D eigenvalue weighted by molar-refractivity contribution is 0.0955. The smallest absolute Gasteiger partial charge is 0.274 e. The van der Waals surface area contributed by atoms with Crippen LogP contribution >= 0.6 is 11.3 Å². The number of rotatable bonds is 4. The fourth-order valence-corrected chi connectivity index (χ4v) is 4.98. The third kappa shape index (κ3) is 4.29. The van der Waals surface area contributed by atoms with E-state index in [4.69, 9.17) is 4.42 Å². The van der Waals surface area contributed by atoms with Gasteiger partial charge in [0.15, 0.2) is 0 Å². The van der Waals surface area contributed by atoms with Crippen molar-refractivity contribution in [2.24, 2.45) is 5.10 Å². The monoisotopic (exact) mass is 437 g/mol. The SMILES string of the molecule is CC(C)=NNC(=O)c1c(NC(=O)c2coc3ccccc3c2=O)sc2c1CCCCC2. The number of carbonyl (C=O) groups excluding carboxylic acids is 2. The second-order valence-electron chi connectivity index (χ2n) is 7.70. The van der Waals surface area contributed by atoms with Crippen LogP contribution in [0.15, 0.2) is 44.8 Å². The summed E-state index contributed by atoms with van der Waals surface area (Å²) in [6.07, 6.45) is 5.95. The fourth-order valence-electron chi connectivity index (χ4n) is 3.69. The first kappa shape index (κ1) is 21.0. The van der Waals surface area contributed by atoms with Crippen molar-refractivity contribution in [3.05, 3.63) is 62.3 Å². The predicted octanol–water partition coefficient (Wildman–Crippen LogP) is 4.50. The molecule has 1 aromatic carbocycles. The van der Waals surface area contributed by atoms with Crippen LogP contribution in [0.3, 0.4) is 0 Å². The summed E-state index contributed by atoms with van der Waals surface area (Å²) in [7, 11) is 0. The summed E-state index contributed by atoms with van der Waals surface area (Å²) in [5, 5.41) is 7.58. The van der Waals surface area contributed by atoms with Crippen molar-refractivity contribution < 1.29 is 14.0 Å². The Bertz CT molecular complexity index is 1250. The van der Waals surface area contributed by atoms with Crippen LogP contribution < -0.4 is 16.2 Å². The minimum atomic E-state index is -0.597. The number of aryl methyl sites for hydroxylation is 1. The summed E-state index contributed by atoms with van der Waals surface area (Å²) < 4.78 is 5.47. The molecule has 0 saturated carbocycles. The van der Waals surface area contributed by atoms with Gasteiger partial charge in [0.1, 0.15) is 22.4 Å². The average Bonchev–Trinajstić information content (AvgIpc) is 2.92. The number of thiophene rings is 1. The molecule has 2 aromatic heterocycles. The van der Waals surface area contributed by atoms with Gasteiger partial charge in [-0.3, -0.25) is 14.4 Å². The predicted molar refractivity (Wildman–Crippen MR) is 122 cm³/mol. The van der Waals surface area contributed by atoms with Gasteiger partial charge in [0.2, 0.25) is 5.43 Å². The maximum absolute atomic E-state index is 13.0. The second-order valence-corrected chi connectivity index (χ2v) is 8.80. The standard InChI is InChI=1S/C23H23N3O4S/c1-13(2)25-26-22(29)19-15-9-4-3-5-11-18(15)31-23(19)24-21(28)16-12-30-17-10-7-6-8-14(17)20(16)27/h6-8,10,12H,3-5,9,11H2,1-2H3,(H,24,28)(H,26,29). The van der Waals surface area contributed by atoms with Gasteiger partial charge in [-0.05, 0) is 57.2 Å². The van der Waals surface area contributed by atoms with Crippen molar-refractivity contribution in [3.8, 4) is 0 Å². The maximum atomic E-state index is 13.0. The Balaban J connectivity index is 1.72. The first-order valence-corrected chi connectivity index (χ1v) is 11.0. The van der Waals surface area contributed by atoms with E-state index in [0.717, 1.165) is 42.5 Å². The zero-order chi connectivity index (χ0) is 22.0. The van der Waals surface area contributed by atoms with E-state index in [1.54, 1.807) is 38.1 Å². The molecule has 1 aliphatic rings. The van der Waals surface area contributed by atoms with Crippen molar-refractivity contribution in [2.75, 3.05) is 5.32 Å². The number of anilines is 1. The van der Waals surface area contributed by atoms with Crippen molar-refractivity contribution in [1.29, 1.82) is 0 Å². The topological polar surface area (TPSA) is 101 Å². The van der Waals surface area contributed by atoms with Crippen molar-refractivity contribution in [2.45, 2.75) is 46.0 Å². The van der Waals surface area contributed by atoms with Gasteiger partial charge in [-0.2, -0.15) is 5.10 Å². The highest BCUT2D eigenvalue weighted by atomic mass is 32.1. The minimum absolute atomic E-state index is 0.101. The highest BCUT2D eigenvalue weighted by molar-refractivity contribution is 7.17. The minimum Gasteiger partial charge on any atom is -0.463 e. The van der Waals surface area contributed by atoms with E-state index in [0.29, 0.717) is 27.2 Å². The lowest BCUT2D eigenvalue weighted by Crippen LogP contribution is -2.24. The van der Waals surface area contributed by atoms with Crippen LogP contribution in [-0.2, 0) is 12.8 Å². The number of carbonyl (C=O) groups is 2. The third-order valence-corrected chi connectivity index (χ3v) is 6.39. The molecule has 160 valence electrons. The molecular formula is C23H23N3O4S. The molecule has 31 heavy (non-hydrogen) atoms. The van der Waals surface area contributed by atoms with Gasteiger partial charge in [-0.15, -0.1) is 11.3 Å². The number of amides is 2. The Labute approximate surface area is 183 Å². The molecule has 4 rings (SSSR count). The molecule has 8 heteroatoms. The van der Waals surface area contributed by atoms with Crippen molar-refractivity contribution in [3.63, 3.8) is 0 Å². The van der Waals surface area contributed by atoms with E-state index in [1.165, 1.54) is 17.6 Å². The van der Waals surface area contributed by atoms with Gasteiger partial charge < -0.3 is 9.73 Å². The van der Waals surface area contributed by atoms with Crippen LogP contribution in [0.2, 0.25) is 0 Å². The lowest BCUT2D eigenvalue weighted by Gasteiger charge is -2.08. The fraction of sp³-hybridized carbons (Fsp3) is 0.304. The first-order valence-electron chi connectivity index (χ1n) is 10.2. The van der Waals surface area contributed by atoms with Gasteiger partial charge in [-0.25, -0.2) is 5.43 Å². The summed E-state index contributed by atoms with van der Waals surface area (Å²) in [4.78, 5) is 39.8. The average molecular weight is 438 g/mol. The lowest BCUT2D eigenvalue weighted by atomic mass is 10.0. The quantitative estimate of drug-likeness (QED) is 0.356. The van der Waals surface area contributed by atoms with Crippen LogP contribution in [0.4, 0.5) is 5.00 Å². The largest absolute Gasteiger partial charge is 0.463 e. The molecule has 0 saturated heterocycles. The molecular weight excluding hydrogens is 414 g/mol. The van der Waals surface area contributed by atoms with Gasteiger partial charge in [-0.1, -0.05) is 18.6 Å². The van der Waals surface area contributed by atoms with E-state index in [9.17, 15) is 14.4 Å². The first-order chi connectivity index (χ1) is 15.0. The Morgan fingerprint density at radius 2 is 1.84 bits per heavy atom. The van der Waals surface area contributed by atoms with E-state index in [1.807, 2.05) is 0 Å². The molecule has 0 aliphatic heterocycles. The number of para-hydroxylation sites is 1. The molecule has 0 unspecified atom stereocenters. The molecule has 2 amide bonds. The molecule has 7 nitrogen and oxygen atoms in total. The van der Waals surface area contributed by atoms with Crippen LogP contribution in [0.5, 0.6) is 0 Å². The summed E-state index contributed by atoms with van der Waals surface area (Å²) in [6, 6.07) is 6.77. The van der Waals surface area contributed by atoms with Crippen LogP contribution in [0.25, 0.3) is 11.0 Å². The molecule has 2 N–H and O–H groups in total. The summed E-state index contributed by atoms with van der Waals surface area (Å²) in [5.41, 5.74) is 4.59. The molecule has 0 fully saturated rings. The van der Waals surface area contributed by atoms with Gasteiger partial charge in [0.05, 0.1) is 10.9 Å². The van der Waals surface area contributed by atoms with E-state index in [2.05, 4.69) is 15.8 Å². The maximum Gasteiger partial charge on any atom is 0.274 e. The van der Waals surface area contributed by atoms with Crippen molar-refractivity contribution in [1.82, 2.24) is 5.43 Å². The van der Waals surface area contributed by atoms with Crippen LogP contribution in [0, 0.1) is 0 Å². The Hall–Kier alpha value is -3.26. The number of nitrogens with zero attached hydrogens (tertiary/aromatic N) is 1. The summed E-state index contributed by atoms with van der Waals surface area (Å²) in [5.74, 6) is -0.957. The van der Waals surface area contributed by atoms with Gasteiger partial charge in [0.25, 0.3) is 11.8 Å². The molecule has 2 heterocycles. The number of nitrogens with one attached hydrogen (secondary N) is 2. The molecule has 3 aromatic rings. The molecule has 0 bridgehead atoms. The van der Waals surface area contributed by atoms with E-state index in [-0.39, 0.29) is 11.5 Å². The highest BCUT2D eigenvalue weighted by Gasteiger charge is 2.26. The van der Waals surface area contributed by atoms with E-state index < -0.39 is 11.3 Å². The summed E-state index contributed by atoms with van der Waals surface area (Å²) in [6.45, 7) is 3.58. The zero-order valence-electron chi connectivity index (χ0n) is 17.4. The van der Waals surface area contributed by atoms with Crippen LogP contribution in [0.1, 0.15) is 64.3 Å². The highest BCUT2D eigenvalue weighted by Crippen LogP contribution is 2.37. The Morgan fingerprint density at radius 3 is 2.65 bits per heavy atom. The normalized spacial score (nSPS) is 13.2. The Kier molecular flexibility index (Phi) is 5.99.